The summed E-state index contributed by atoms with van der Waals surface area (Å²) in [6, 6.07) is 16.3. The molecule has 0 radical (unpaired) electrons. The van der Waals surface area contributed by atoms with Crippen LogP contribution in [0.2, 0.25) is 0 Å². The molecule has 0 unspecified atom stereocenters. The highest BCUT2D eigenvalue weighted by molar-refractivity contribution is 5.90. The fourth-order valence-corrected chi connectivity index (χ4v) is 3.34. The van der Waals surface area contributed by atoms with Gasteiger partial charge in [-0.1, -0.05) is 19.9 Å². The summed E-state index contributed by atoms with van der Waals surface area (Å²) in [5.41, 5.74) is 3.44. The summed E-state index contributed by atoms with van der Waals surface area (Å²) in [6.07, 6.45) is 4.39. The van der Waals surface area contributed by atoms with Crippen LogP contribution in [-0.4, -0.2) is 32.8 Å². The van der Waals surface area contributed by atoms with Crippen molar-refractivity contribution in [3.8, 4) is 22.8 Å². The van der Waals surface area contributed by atoms with E-state index in [4.69, 9.17) is 9.47 Å². The normalized spacial score (nSPS) is 10.8. The smallest absolute Gasteiger partial charge is 0.337 e. The second-order valence-electron chi connectivity index (χ2n) is 7.98. The van der Waals surface area contributed by atoms with E-state index < -0.39 is 5.97 Å². The van der Waals surface area contributed by atoms with Crippen molar-refractivity contribution in [3.63, 3.8) is 0 Å². The largest absolute Gasteiger partial charge is 0.465 e. The Morgan fingerprint density at radius 1 is 1.03 bits per heavy atom. The third kappa shape index (κ3) is 5.17. The van der Waals surface area contributed by atoms with Crippen molar-refractivity contribution in [2.45, 2.75) is 26.3 Å². The van der Waals surface area contributed by atoms with Gasteiger partial charge in [0.05, 0.1) is 36.8 Å². The van der Waals surface area contributed by atoms with Crippen LogP contribution in [0.3, 0.4) is 0 Å². The lowest BCUT2D eigenvalue weighted by molar-refractivity contribution is 0.0600. The number of nitrogens with zero attached hydrogens (tertiary/aromatic N) is 4. The summed E-state index contributed by atoms with van der Waals surface area (Å²) in [6.45, 7) is 4.41. The number of hydrogen-bond donors (Lipinski definition) is 0. The van der Waals surface area contributed by atoms with Gasteiger partial charge in [-0.3, -0.25) is 9.78 Å². The maximum absolute atomic E-state index is 12.1. The molecular weight excluding hydrogens is 432 g/mol. The molecule has 34 heavy (non-hydrogen) atoms. The van der Waals surface area contributed by atoms with E-state index in [9.17, 15) is 9.59 Å². The van der Waals surface area contributed by atoms with Gasteiger partial charge in [0, 0.05) is 23.5 Å². The number of hydrogen-bond acceptors (Lipinski definition) is 7. The van der Waals surface area contributed by atoms with E-state index in [-0.39, 0.29) is 12.1 Å². The molecule has 2 heterocycles. The Labute approximate surface area is 196 Å². The van der Waals surface area contributed by atoms with Crippen molar-refractivity contribution >= 4 is 5.97 Å². The van der Waals surface area contributed by atoms with Gasteiger partial charge >= 0.3 is 5.97 Å². The molecule has 0 aliphatic rings. The standard InChI is InChI=1S/C26H24N4O4/c1-17(2)22-10-11-23(29-28-22)18-6-8-21(9-7-18)34-24-14-19(26(32)33-3)4-5-20(24)16-30-13-12-27-15-25(30)31/h4-15,17H,16H2,1-3H3. The monoisotopic (exact) mass is 456 g/mol. The molecule has 0 fully saturated rings. The highest BCUT2D eigenvalue weighted by Crippen LogP contribution is 2.29. The Kier molecular flexibility index (Phi) is 6.77. The van der Waals surface area contributed by atoms with Gasteiger partial charge in [0.15, 0.2) is 0 Å². The van der Waals surface area contributed by atoms with Crippen molar-refractivity contribution in [2.75, 3.05) is 7.11 Å². The van der Waals surface area contributed by atoms with Crippen molar-refractivity contribution in [2.24, 2.45) is 0 Å². The molecule has 2 aromatic heterocycles. The summed E-state index contributed by atoms with van der Waals surface area (Å²) in [4.78, 5) is 28.0. The molecule has 2 aromatic carbocycles. The lowest BCUT2D eigenvalue weighted by Gasteiger charge is -2.14. The number of benzene rings is 2. The summed E-state index contributed by atoms with van der Waals surface area (Å²) >= 11 is 0. The Morgan fingerprint density at radius 3 is 2.47 bits per heavy atom. The molecule has 0 N–H and O–H groups in total. The van der Waals surface area contributed by atoms with Crippen molar-refractivity contribution in [3.05, 3.63) is 100 Å². The summed E-state index contributed by atoms with van der Waals surface area (Å²) in [7, 11) is 1.32. The van der Waals surface area contributed by atoms with Crippen molar-refractivity contribution in [1.29, 1.82) is 0 Å². The molecule has 172 valence electrons. The van der Waals surface area contributed by atoms with Gasteiger partial charge in [-0.05, 0) is 54.4 Å². The van der Waals surface area contributed by atoms with Crippen LogP contribution in [-0.2, 0) is 11.3 Å². The van der Waals surface area contributed by atoms with Gasteiger partial charge in [-0.2, -0.15) is 10.2 Å². The predicted molar refractivity (Wildman–Crippen MR) is 127 cm³/mol. The number of methoxy groups -OCH3 is 1. The highest BCUT2D eigenvalue weighted by atomic mass is 16.5. The second-order valence-corrected chi connectivity index (χ2v) is 7.98. The minimum Gasteiger partial charge on any atom is -0.465 e. The molecule has 0 saturated heterocycles. The third-order valence-corrected chi connectivity index (χ3v) is 5.28. The predicted octanol–water partition coefficient (Wildman–Crippen LogP) is 4.45. The van der Waals surface area contributed by atoms with Gasteiger partial charge in [-0.25, -0.2) is 4.79 Å². The average molecular weight is 457 g/mol. The van der Waals surface area contributed by atoms with Crippen LogP contribution in [0.1, 0.15) is 41.4 Å². The summed E-state index contributed by atoms with van der Waals surface area (Å²) in [5.74, 6) is 0.854. The van der Waals surface area contributed by atoms with Crippen LogP contribution >= 0.6 is 0 Å². The van der Waals surface area contributed by atoms with Gasteiger partial charge in [0.1, 0.15) is 11.5 Å². The first kappa shape index (κ1) is 22.8. The first-order valence-electron chi connectivity index (χ1n) is 10.8. The Bertz CT molecular complexity index is 1350. The number of carbonyl (C=O) groups excluding carboxylic acids is 1. The van der Waals surface area contributed by atoms with Crippen LogP contribution in [0, 0.1) is 0 Å². The van der Waals surface area contributed by atoms with Crippen LogP contribution in [0.25, 0.3) is 11.3 Å². The second kappa shape index (κ2) is 10.1. The minimum absolute atomic E-state index is 0.237. The third-order valence-electron chi connectivity index (χ3n) is 5.28. The molecule has 0 saturated carbocycles. The molecular formula is C26H24N4O4. The number of rotatable bonds is 7. The zero-order valence-electron chi connectivity index (χ0n) is 19.1. The van der Waals surface area contributed by atoms with Crippen molar-refractivity contribution < 1.29 is 14.3 Å². The van der Waals surface area contributed by atoms with E-state index >= 15 is 0 Å². The fourth-order valence-electron chi connectivity index (χ4n) is 3.34. The molecule has 4 rings (SSSR count). The zero-order chi connectivity index (χ0) is 24.1. The minimum atomic E-state index is -0.476. The van der Waals surface area contributed by atoms with Gasteiger partial charge in [-0.15, -0.1) is 0 Å². The molecule has 0 atom stereocenters. The Balaban J connectivity index is 1.61. The van der Waals surface area contributed by atoms with E-state index in [2.05, 4.69) is 29.0 Å². The van der Waals surface area contributed by atoms with E-state index in [0.717, 1.165) is 22.5 Å². The quantitative estimate of drug-likeness (QED) is 0.379. The fraction of sp³-hybridized carbons (Fsp3) is 0.192. The molecule has 0 amide bonds. The van der Waals surface area contributed by atoms with Crippen LogP contribution in [0.4, 0.5) is 0 Å². The van der Waals surface area contributed by atoms with E-state index in [1.165, 1.54) is 17.9 Å². The van der Waals surface area contributed by atoms with Crippen LogP contribution in [0.15, 0.2) is 78.0 Å². The average Bonchev–Trinajstić information content (AvgIpc) is 2.86. The maximum atomic E-state index is 12.1. The molecule has 0 bridgehead atoms. The molecule has 0 aliphatic carbocycles. The lowest BCUT2D eigenvalue weighted by atomic mass is 10.1. The first-order chi connectivity index (χ1) is 16.4. The molecule has 0 aliphatic heterocycles. The SMILES string of the molecule is COC(=O)c1ccc(Cn2ccncc2=O)c(Oc2ccc(-c3ccc(C(C)C)nn3)cc2)c1. The molecule has 8 nitrogen and oxygen atoms in total. The van der Waals surface area contributed by atoms with Crippen molar-refractivity contribution in [1.82, 2.24) is 19.7 Å². The molecule has 4 aromatic rings. The number of esters is 1. The summed E-state index contributed by atoms with van der Waals surface area (Å²) < 4.78 is 12.5. The first-order valence-corrected chi connectivity index (χ1v) is 10.8. The summed E-state index contributed by atoms with van der Waals surface area (Å²) in [5, 5.41) is 8.59. The number of aromatic nitrogens is 4. The topological polar surface area (TPSA) is 96.2 Å². The Morgan fingerprint density at radius 2 is 1.82 bits per heavy atom. The zero-order valence-corrected chi connectivity index (χ0v) is 19.1. The van der Waals surface area contributed by atoms with Crippen LogP contribution < -0.4 is 10.3 Å². The molecule has 0 spiro atoms. The van der Waals surface area contributed by atoms with E-state index in [1.807, 2.05) is 36.4 Å². The van der Waals surface area contributed by atoms with Gasteiger partial charge in [0.25, 0.3) is 5.56 Å². The maximum Gasteiger partial charge on any atom is 0.337 e. The van der Waals surface area contributed by atoms with Gasteiger partial charge < -0.3 is 14.0 Å². The number of ether oxygens (including phenoxy) is 2. The Hall–Kier alpha value is -4.33. The van der Waals surface area contributed by atoms with E-state index in [0.29, 0.717) is 23.0 Å². The highest BCUT2D eigenvalue weighted by Gasteiger charge is 2.13. The molecule has 8 heteroatoms. The number of carbonyl (C=O) groups is 1. The van der Waals surface area contributed by atoms with E-state index in [1.54, 1.807) is 30.6 Å². The lowest BCUT2D eigenvalue weighted by Crippen LogP contribution is -2.19. The van der Waals surface area contributed by atoms with Crippen LogP contribution in [0.5, 0.6) is 11.5 Å². The van der Waals surface area contributed by atoms with Gasteiger partial charge in [0.2, 0.25) is 0 Å².